The highest BCUT2D eigenvalue weighted by atomic mass is 32.2. The zero-order chi connectivity index (χ0) is 12.5. The van der Waals surface area contributed by atoms with Crippen LogP contribution in [0.1, 0.15) is 12.1 Å². The summed E-state index contributed by atoms with van der Waals surface area (Å²) in [6, 6.07) is 0. The fraction of sp³-hybridized carbons (Fsp3) is 0.286. The number of nitrogens with zero attached hydrogens (tertiary/aromatic N) is 1. The molecule has 0 aliphatic heterocycles. The largest absolute Gasteiger partial charge is 0.493 e. The summed E-state index contributed by atoms with van der Waals surface area (Å²) >= 11 is 0. The minimum atomic E-state index is -4.39. The van der Waals surface area contributed by atoms with Crippen LogP contribution >= 0.6 is 0 Å². The summed E-state index contributed by atoms with van der Waals surface area (Å²) in [4.78, 5) is 2.36. The Bertz CT molecular complexity index is 504. The van der Waals surface area contributed by atoms with Gasteiger partial charge in [-0.1, -0.05) is 0 Å². The van der Waals surface area contributed by atoms with Crippen LogP contribution in [0.25, 0.3) is 0 Å². The van der Waals surface area contributed by atoms with Gasteiger partial charge in [0.15, 0.2) is 5.75 Å². The molecule has 0 fully saturated rings. The summed E-state index contributed by atoms with van der Waals surface area (Å²) in [5.41, 5.74) is 3.90. The van der Waals surface area contributed by atoms with Gasteiger partial charge in [0.25, 0.3) is 6.43 Å². The van der Waals surface area contributed by atoms with Crippen LogP contribution in [0.15, 0.2) is 11.1 Å². The molecule has 16 heavy (non-hydrogen) atoms. The molecule has 0 atom stereocenters. The maximum atomic E-state index is 12.5. The molecule has 1 heterocycles. The van der Waals surface area contributed by atoms with E-state index in [0.29, 0.717) is 0 Å². The lowest BCUT2D eigenvalue weighted by Crippen LogP contribution is -2.18. The lowest BCUT2D eigenvalue weighted by Gasteiger charge is -2.11. The van der Waals surface area contributed by atoms with Gasteiger partial charge in [-0.2, -0.15) is 0 Å². The van der Waals surface area contributed by atoms with Crippen LogP contribution in [-0.2, 0) is 10.0 Å². The maximum Gasteiger partial charge on any atom is 0.281 e. The number of alkyl halides is 2. The topological polar surface area (TPSA) is 108 Å². The zero-order valence-corrected chi connectivity index (χ0v) is 8.96. The number of aromatic nitrogens is 1. The summed E-state index contributed by atoms with van der Waals surface area (Å²) in [5.74, 6) is -0.131. The molecular formula is C7H9F2N3O3S. The first-order valence-electron chi connectivity index (χ1n) is 3.92. The molecule has 0 unspecified atom stereocenters. The van der Waals surface area contributed by atoms with Crippen molar-refractivity contribution in [3.05, 3.63) is 11.9 Å². The molecule has 0 bridgehead atoms. The van der Waals surface area contributed by atoms with Crippen LogP contribution in [0.3, 0.4) is 0 Å². The van der Waals surface area contributed by atoms with Gasteiger partial charge in [0.2, 0.25) is 10.0 Å². The number of methoxy groups -OCH3 is 1. The Kier molecular flexibility index (Phi) is 3.29. The van der Waals surface area contributed by atoms with E-state index in [1.54, 1.807) is 0 Å². The number of primary sulfonamides is 1. The number of ether oxygens (including phenoxy) is 1. The molecule has 1 rings (SSSR count). The van der Waals surface area contributed by atoms with E-state index in [2.05, 4.69) is 9.72 Å². The minimum Gasteiger partial charge on any atom is -0.493 e. The summed E-state index contributed by atoms with van der Waals surface area (Å²) in [7, 11) is -3.19. The molecule has 0 saturated carbocycles. The second-order valence-corrected chi connectivity index (χ2v) is 4.30. The van der Waals surface area contributed by atoms with Crippen molar-refractivity contribution in [3.8, 4) is 5.75 Å². The van der Waals surface area contributed by atoms with E-state index in [4.69, 9.17) is 10.9 Å². The number of sulfonamides is 1. The average Bonchev–Trinajstić information content (AvgIpc) is 2.14. The molecule has 90 valence electrons. The van der Waals surface area contributed by atoms with Gasteiger partial charge in [0.05, 0.1) is 19.0 Å². The van der Waals surface area contributed by atoms with Crippen LogP contribution in [0.5, 0.6) is 5.75 Å². The highest BCUT2D eigenvalue weighted by molar-refractivity contribution is 7.89. The van der Waals surface area contributed by atoms with Crippen LogP contribution < -0.4 is 15.6 Å². The van der Waals surface area contributed by atoms with E-state index >= 15 is 0 Å². The van der Waals surface area contributed by atoms with Crippen LogP contribution in [0.2, 0.25) is 0 Å². The Labute approximate surface area is 90.3 Å². The molecule has 4 N–H and O–H groups in total. The Morgan fingerprint density at radius 2 is 2.06 bits per heavy atom. The molecule has 0 aliphatic rings. The fourth-order valence-electron chi connectivity index (χ4n) is 1.12. The van der Waals surface area contributed by atoms with Crippen LogP contribution in [0, 0.1) is 0 Å². The Morgan fingerprint density at radius 1 is 1.50 bits per heavy atom. The lowest BCUT2D eigenvalue weighted by molar-refractivity contribution is 0.142. The van der Waals surface area contributed by atoms with Crippen molar-refractivity contribution in [1.82, 2.24) is 4.98 Å². The van der Waals surface area contributed by atoms with Gasteiger partial charge in [-0.15, -0.1) is 0 Å². The molecule has 6 nitrogen and oxygen atoms in total. The number of rotatable bonds is 3. The van der Waals surface area contributed by atoms with Crippen molar-refractivity contribution in [3.63, 3.8) is 0 Å². The third-order valence-electron chi connectivity index (χ3n) is 1.77. The summed E-state index contributed by atoms with van der Waals surface area (Å²) in [6.07, 6.45) is -2.19. The van der Waals surface area contributed by atoms with Gasteiger partial charge >= 0.3 is 0 Å². The number of nitrogens with two attached hydrogens (primary N) is 2. The summed E-state index contributed by atoms with van der Waals surface area (Å²) < 4.78 is 51.9. The molecule has 0 amide bonds. The van der Waals surface area contributed by atoms with E-state index in [-0.39, 0.29) is 5.75 Å². The van der Waals surface area contributed by atoms with Gasteiger partial charge in [0, 0.05) is 0 Å². The monoisotopic (exact) mass is 253 g/mol. The standard InChI is InChI=1S/C7H9F2N3O3S/c1-15-3-2-12-5(7(8)9)6(4(3)10)16(11,13)14/h2,7H,1H3,(H2,10,12)(H2,11,13,14). The Balaban J connectivity index is 3.63. The second kappa shape index (κ2) is 4.18. The second-order valence-electron chi connectivity index (χ2n) is 2.80. The molecule has 0 radical (unpaired) electrons. The maximum absolute atomic E-state index is 12.5. The van der Waals surface area contributed by atoms with Crippen LogP contribution in [-0.4, -0.2) is 20.5 Å². The summed E-state index contributed by atoms with van der Waals surface area (Å²) in [5, 5.41) is 4.78. The van der Waals surface area contributed by atoms with Crippen molar-refractivity contribution in [2.24, 2.45) is 5.14 Å². The SMILES string of the molecule is COc1cnc(C(F)F)c(S(N)(=O)=O)c1N. The first-order valence-corrected chi connectivity index (χ1v) is 5.47. The predicted octanol–water partition coefficient (Wildman–Crippen LogP) is 0.257. The number of anilines is 1. The van der Waals surface area contributed by atoms with Gasteiger partial charge < -0.3 is 10.5 Å². The van der Waals surface area contributed by atoms with Gasteiger partial charge in [0.1, 0.15) is 10.6 Å². The number of nitrogen functional groups attached to an aromatic ring is 1. The molecular weight excluding hydrogens is 244 g/mol. The van der Waals surface area contributed by atoms with E-state index in [9.17, 15) is 17.2 Å². The van der Waals surface area contributed by atoms with Gasteiger partial charge in [-0.05, 0) is 0 Å². The van der Waals surface area contributed by atoms with Crippen molar-refractivity contribution >= 4 is 15.7 Å². The molecule has 0 saturated heterocycles. The van der Waals surface area contributed by atoms with Crippen molar-refractivity contribution < 1.29 is 21.9 Å². The molecule has 0 aliphatic carbocycles. The number of pyridine rings is 1. The highest BCUT2D eigenvalue weighted by Crippen LogP contribution is 2.33. The van der Waals surface area contributed by atoms with E-state index in [0.717, 1.165) is 6.20 Å². The number of halogens is 2. The average molecular weight is 253 g/mol. The predicted molar refractivity (Wildman–Crippen MR) is 51.5 cm³/mol. The molecule has 0 spiro atoms. The Morgan fingerprint density at radius 3 is 2.44 bits per heavy atom. The smallest absolute Gasteiger partial charge is 0.281 e. The van der Waals surface area contributed by atoms with E-state index < -0.39 is 32.7 Å². The third kappa shape index (κ3) is 2.19. The fourth-order valence-corrected chi connectivity index (χ4v) is 1.96. The van der Waals surface area contributed by atoms with Gasteiger partial charge in [-0.25, -0.2) is 27.3 Å². The Hall–Kier alpha value is -1.48. The van der Waals surface area contributed by atoms with Crippen molar-refractivity contribution in [2.75, 3.05) is 12.8 Å². The van der Waals surface area contributed by atoms with Crippen molar-refractivity contribution in [1.29, 1.82) is 0 Å². The molecule has 0 aromatic carbocycles. The van der Waals surface area contributed by atoms with E-state index in [1.165, 1.54) is 7.11 Å². The van der Waals surface area contributed by atoms with Crippen LogP contribution in [0.4, 0.5) is 14.5 Å². The summed E-state index contributed by atoms with van der Waals surface area (Å²) in [6.45, 7) is 0. The quantitative estimate of drug-likeness (QED) is 0.803. The number of hydrogen-bond donors (Lipinski definition) is 2. The third-order valence-corrected chi connectivity index (χ3v) is 2.77. The first kappa shape index (κ1) is 12.6. The normalized spacial score (nSPS) is 11.8. The molecule has 1 aromatic heterocycles. The first-order chi connectivity index (χ1) is 7.29. The van der Waals surface area contributed by atoms with Crippen molar-refractivity contribution in [2.45, 2.75) is 11.3 Å². The highest BCUT2D eigenvalue weighted by Gasteiger charge is 2.27. The zero-order valence-electron chi connectivity index (χ0n) is 8.15. The number of hydrogen-bond acceptors (Lipinski definition) is 5. The molecule has 9 heteroatoms. The van der Waals surface area contributed by atoms with Gasteiger partial charge in [-0.3, -0.25) is 0 Å². The van der Waals surface area contributed by atoms with E-state index in [1.807, 2.05) is 0 Å². The minimum absolute atomic E-state index is 0.131. The lowest BCUT2D eigenvalue weighted by atomic mass is 10.3. The molecule has 1 aromatic rings.